The first-order chi connectivity index (χ1) is 18.4. The van der Waals surface area contributed by atoms with Gasteiger partial charge in [0.25, 0.3) is 0 Å². The normalized spacial score (nSPS) is 13.4. The summed E-state index contributed by atoms with van der Waals surface area (Å²) in [5.41, 5.74) is 13.7. The molecule has 2 aliphatic carbocycles. The first-order valence-corrected chi connectivity index (χ1v) is 12.7. The Morgan fingerprint density at radius 2 is 1.38 bits per heavy atom. The van der Waals surface area contributed by atoms with Crippen LogP contribution in [0.2, 0.25) is 0 Å². The van der Waals surface area contributed by atoms with E-state index >= 15 is 0 Å². The molecule has 2 aromatic carbocycles. The average molecular weight is 475 g/mol. The molecule has 0 saturated heterocycles. The molecular weight excluding hydrogens is 452 g/mol. The summed E-state index contributed by atoms with van der Waals surface area (Å²) in [5.74, 6) is 0. The lowest BCUT2D eigenvalue weighted by molar-refractivity contribution is 0.982. The van der Waals surface area contributed by atoms with Crippen molar-refractivity contribution in [1.82, 2.24) is 19.5 Å². The zero-order chi connectivity index (χ0) is 24.3. The highest BCUT2D eigenvalue weighted by Gasteiger charge is 2.33. The molecule has 4 heterocycles. The molecule has 4 nitrogen and oxygen atoms in total. The SMILES string of the molecule is C1=C2c3c(cccc3-c3c2c2ccccc2n3-c2cc(-c3ccccn3)nc(-c3ccccn3)c2)CC1. The molecule has 0 atom stereocenters. The smallest absolute Gasteiger partial charge is 0.0915 e. The van der Waals surface area contributed by atoms with Crippen molar-refractivity contribution in [3.63, 3.8) is 0 Å². The minimum absolute atomic E-state index is 0.831. The highest BCUT2D eigenvalue weighted by Crippen LogP contribution is 2.53. The van der Waals surface area contributed by atoms with Crippen molar-refractivity contribution in [2.75, 3.05) is 0 Å². The highest BCUT2D eigenvalue weighted by molar-refractivity contribution is 6.13. The fourth-order valence-electron chi connectivity index (χ4n) is 6.00. The molecule has 4 heteroatoms. The molecular formula is C33H22N4. The summed E-state index contributed by atoms with van der Waals surface area (Å²) in [6, 6.07) is 31.7. The van der Waals surface area contributed by atoms with Crippen molar-refractivity contribution in [1.29, 1.82) is 0 Å². The van der Waals surface area contributed by atoms with Gasteiger partial charge in [-0.15, -0.1) is 0 Å². The fraction of sp³-hybridized carbons (Fsp3) is 0.0606. The maximum atomic E-state index is 5.01. The van der Waals surface area contributed by atoms with E-state index in [0.29, 0.717) is 0 Å². The maximum absolute atomic E-state index is 5.01. The van der Waals surface area contributed by atoms with Gasteiger partial charge < -0.3 is 4.57 Å². The molecule has 0 fully saturated rings. The lowest BCUT2D eigenvalue weighted by Crippen LogP contribution is -2.02. The lowest BCUT2D eigenvalue weighted by atomic mass is 9.89. The first kappa shape index (κ1) is 20.4. The molecule has 6 aromatic rings. The Hall–Kier alpha value is -4.83. The van der Waals surface area contributed by atoms with Gasteiger partial charge in [-0.3, -0.25) is 9.97 Å². The van der Waals surface area contributed by atoms with Crippen LogP contribution in [0.3, 0.4) is 0 Å². The van der Waals surface area contributed by atoms with Gasteiger partial charge in [0.2, 0.25) is 0 Å². The number of para-hydroxylation sites is 1. The first-order valence-electron chi connectivity index (χ1n) is 12.7. The van der Waals surface area contributed by atoms with Gasteiger partial charge in [-0.1, -0.05) is 54.6 Å². The highest BCUT2D eigenvalue weighted by atomic mass is 15.0. The zero-order valence-corrected chi connectivity index (χ0v) is 20.1. The van der Waals surface area contributed by atoms with Crippen molar-refractivity contribution in [3.8, 4) is 39.7 Å². The zero-order valence-electron chi connectivity index (χ0n) is 20.1. The third-order valence-corrected chi connectivity index (χ3v) is 7.50. The molecule has 0 spiro atoms. The Kier molecular flexibility index (Phi) is 4.31. The minimum Gasteiger partial charge on any atom is -0.308 e. The Labute approximate surface area is 214 Å². The number of rotatable bonds is 3. The van der Waals surface area contributed by atoms with Gasteiger partial charge in [0.15, 0.2) is 0 Å². The maximum Gasteiger partial charge on any atom is 0.0915 e. The van der Waals surface area contributed by atoms with Crippen LogP contribution in [0.15, 0.2) is 109 Å². The Bertz CT molecular complexity index is 1810. The second-order valence-electron chi connectivity index (χ2n) is 9.60. The molecule has 0 saturated carbocycles. The van der Waals surface area contributed by atoms with E-state index < -0.39 is 0 Å². The molecule has 0 aliphatic heterocycles. The molecule has 8 rings (SSSR count). The van der Waals surface area contributed by atoms with Gasteiger partial charge in [-0.05, 0) is 72.0 Å². The van der Waals surface area contributed by atoms with Gasteiger partial charge in [0, 0.05) is 28.9 Å². The minimum atomic E-state index is 0.831. The number of benzene rings is 2. The largest absolute Gasteiger partial charge is 0.308 e. The van der Waals surface area contributed by atoms with Crippen molar-refractivity contribution in [2.45, 2.75) is 12.8 Å². The number of aryl methyl sites for hydroxylation is 1. The van der Waals surface area contributed by atoms with E-state index in [0.717, 1.165) is 41.3 Å². The van der Waals surface area contributed by atoms with Crippen molar-refractivity contribution >= 4 is 16.5 Å². The van der Waals surface area contributed by atoms with Crippen LogP contribution >= 0.6 is 0 Å². The van der Waals surface area contributed by atoms with E-state index in [-0.39, 0.29) is 0 Å². The molecule has 0 radical (unpaired) electrons. The summed E-state index contributed by atoms with van der Waals surface area (Å²) in [6.45, 7) is 0. The number of allylic oxidation sites excluding steroid dienone is 1. The van der Waals surface area contributed by atoms with E-state index in [1.165, 1.54) is 44.4 Å². The van der Waals surface area contributed by atoms with Crippen LogP contribution in [-0.2, 0) is 6.42 Å². The monoisotopic (exact) mass is 474 g/mol. The van der Waals surface area contributed by atoms with Crippen LogP contribution in [0.5, 0.6) is 0 Å². The van der Waals surface area contributed by atoms with E-state index in [2.05, 4.69) is 75.2 Å². The van der Waals surface area contributed by atoms with Crippen molar-refractivity contribution < 1.29 is 0 Å². The summed E-state index contributed by atoms with van der Waals surface area (Å²) in [4.78, 5) is 14.2. The van der Waals surface area contributed by atoms with E-state index in [1.807, 2.05) is 48.8 Å². The summed E-state index contributed by atoms with van der Waals surface area (Å²) in [5, 5.41) is 1.28. The van der Waals surface area contributed by atoms with Gasteiger partial charge in [0.1, 0.15) is 0 Å². The number of nitrogens with zero attached hydrogens (tertiary/aromatic N) is 4. The van der Waals surface area contributed by atoms with E-state index in [9.17, 15) is 0 Å². The van der Waals surface area contributed by atoms with Crippen LogP contribution in [0.1, 0.15) is 23.1 Å². The molecule has 0 N–H and O–H groups in total. The molecule has 174 valence electrons. The van der Waals surface area contributed by atoms with Crippen LogP contribution in [0.4, 0.5) is 0 Å². The molecule has 0 amide bonds. The summed E-state index contributed by atoms with van der Waals surface area (Å²) in [6.07, 6.45) is 8.24. The van der Waals surface area contributed by atoms with Crippen molar-refractivity contribution in [3.05, 3.63) is 126 Å². The van der Waals surface area contributed by atoms with E-state index in [4.69, 9.17) is 4.98 Å². The Morgan fingerprint density at radius 1 is 0.649 bits per heavy atom. The number of pyridine rings is 3. The van der Waals surface area contributed by atoms with Crippen LogP contribution in [0.25, 0.3) is 56.2 Å². The summed E-state index contributed by atoms with van der Waals surface area (Å²) < 4.78 is 2.42. The summed E-state index contributed by atoms with van der Waals surface area (Å²) in [7, 11) is 0. The second-order valence-corrected chi connectivity index (χ2v) is 9.60. The molecule has 4 aromatic heterocycles. The Balaban J connectivity index is 1.48. The van der Waals surface area contributed by atoms with Crippen LogP contribution < -0.4 is 0 Å². The topological polar surface area (TPSA) is 43.6 Å². The number of fused-ring (bicyclic) bond motifs is 5. The Morgan fingerprint density at radius 3 is 2.11 bits per heavy atom. The second kappa shape index (κ2) is 7.84. The third-order valence-electron chi connectivity index (χ3n) is 7.50. The third kappa shape index (κ3) is 2.99. The molecule has 0 bridgehead atoms. The molecule has 0 unspecified atom stereocenters. The lowest BCUT2D eigenvalue weighted by Gasteiger charge is -2.17. The average Bonchev–Trinajstić information content (AvgIpc) is 3.49. The van der Waals surface area contributed by atoms with Crippen LogP contribution in [0, 0.1) is 0 Å². The summed E-state index contributed by atoms with van der Waals surface area (Å²) >= 11 is 0. The van der Waals surface area contributed by atoms with Gasteiger partial charge >= 0.3 is 0 Å². The standard InChI is InChI=1S/C33H22N4/c1-2-16-30-23(11-1)32-24-12-7-9-21-10-8-13-25(31(21)24)33(32)37(30)22-19-28(26-14-3-5-17-34-26)36-29(20-22)27-15-4-6-18-35-27/h1-6,8,10-20H,7,9H2. The van der Waals surface area contributed by atoms with Crippen molar-refractivity contribution in [2.24, 2.45) is 0 Å². The predicted octanol–water partition coefficient (Wildman–Crippen LogP) is 7.51. The predicted molar refractivity (Wildman–Crippen MR) is 148 cm³/mol. The van der Waals surface area contributed by atoms with Crippen LogP contribution in [-0.4, -0.2) is 19.5 Å². The molecule has 2 aliphatic rings. The fourth-order valence-corrected chi connectivity index (χ4v) is 6.00. The van der Waals surface area contributed by atoms with E-state index in [1.54, 1.807) is 0 Å². The van der Waals surface area contributed by atoms with Gasteiger partial charge in [-0.2, -0.15) is 0 Å². The molecule has 37 heavy (non-hydrogen) atoms. The number of hydrogen-bond donors (Lipinski definition) is 0. The number of hydrogen-bond acceptors (Lipinski definition) is 3. The van der Waals surface area contributed by atoms with Gasteiger partial charge in [-0.25, -0.2) is 4.98 Å². The quantitative estimate of drug-likeness (QED) is 0.266. The number of aromatic nitrogens is 4. The van der Waals surface area contributed by atoms with Gasteiger partial charge in [0.05, 0.1) is 39.7 Å².